The smallest absolute Gasteiger partial charge is 0.187 e. The molecule has 20 atom stereocenters. The molecule has 0 aromatic carbocycles. The van der Waals surface area contributed by atoms with Crippen LogP contribution in [0.4, 0.5) is 0 Å². The molecule has 5 fully saturated rings. The Morgan fingerprint density at radius 3 is 1.91 bits per heavy atom. The second kappa shape index (κ2) is 16.0. The van der Waals surface area contributed by atoms with E-state index in [2.05, 4.69) is 27.7 Å². The molecule has 0 radical (unpaired) electrons. The lowest BCUT2D eigenvalue weighted by atomic mass is 9.38. The minimum absolute atomic E-state index is 0.0267. The van der Waals surface area contributed by atoms with E-state index in [1.165, 1.54) is 0 Å². The van der Waals surface area contributed by atoms with Gasteiger partial charge in [0.2, 0.25) is 0 Å². The van der Waals surface area contributed by atoms with Crippen LogP contribution in [0.15, 0.2) is 11.6 Å². The Morgan fingerprint density at radius 2 is 1.35 bits per heavy atom. The van der Waals surface area contributed by atoms with Crippen molar-refractivity contribution in [3.8, 4) is 0 Å². The van der Waals surface area contributed by atoms with Crippen LogP contribution < -0.4 is 0 Å². The predicted molar refractivity (Wildman–Crippen MR) is 203 cm³/mol. The summed E-state index contributed by atoms with van der Waals surface area (Å²) < 4.78 is 23.7. The first kappa shape index (κ1) is 45.4. The zero-order valence-corrected chi connectivity index (χ0v) is 34.8. The average molecular weight is 815 g/mol. The Kier molecular flexibility index (Phi) is 12.7. The van der Waals surface area contributed by atoms with Gasteiger partial charge in [-0.2, -0.15) is 0 Å². The molecule has 2 aliphatic heterocycles. The molecule has 20 unspecified atom stereocenters. The average Bonchev–Trinajstić information content (AvgIpc) is 3.40. The van der Waals surface area contributed by atoms with Crippen molar-refractivity contribution in [2.45, 2.75) is 186 Å². The van der Waals surface area contributed by atoms with Gasteiger partial charge >= 0.3 is 0 Å². The van der Waals surface area contributed by atoms with Crippen LogP contribution in [0, 0.1) is 45.3 Å². The van der Waals surface area contributed by atoms with Gasteiger partial charge in [0.05, 0.1) is 37.1 Å². The number of allylic oxidation sites excluding steroid dienone is 1. The lowest BCUT2D eigenvalue weighted by molar-refractivity contribution is -0.322. The van der Waals surface area contributed by atoms with Crippen molar-refractivity contribution in [2.75, 3.05) is 13.2 Å². The van der Waals surface area contributed by atoms with Crippen LogP contribution in [0.5, 0.6) is 0 Å². The van der Waals surface area contributed by atoms with Crippen molar-refractivity contribution in [1.29, 1.82) is 0 Å². The standard InChI is InChI=1S/C42H70O15/c1-19(9-11-28(39(4,5)53)57-37-34(52)32(50)30(48)25(18-44)55-37)20-13-14-40(6)35-23(45)15-22-21(42(35,8)26(46)16-41(20,40)7)10-12-27(38(22,2)3)56-36-33(51)31(49)29(47)24(17-43)54-36/h15,19-21,24-37,43-44,46-53H,9-14,16-18H2,1-8H3. The lowest BCUT2D eigenvalue weighted by Crippen LogP contribution is -2.67. The zero-order chi connectivity index (χ0) is 42.4. The number of rotatable bonds is 11. The molecule has 15 heteroatoms. The molecule has 3 saturated carbocycles. The van der Waals surface area contributed by atoms with Gasteiger partial charge in [-0.05, 0) is 93.5 Å². The van der Waals surface area contributed by atoms with Crippen molar-refractivity contribution in [3.05, 3.63) is 11.6 Å². The highest BCUT2D eigenvalue weighted by molar-refractivity contribution is 5.95. The molecule has 4 aliphatic carbocycles. The third kappa shape index (κ3) is 7.30. The number of ether oxygens (including phenoxy) is 4. The third-order valence-electron chi connectivity index (χ3n) is 16.3. The van der Waals surface area contributed by atoms with E-state index in [1.807, 2.05) is 13.8 Å². The first-order valence-corrected chi connectivity index (χ1v) is 21.0. The minimum atomic E-state index is -1.61. The van der Waals surface area contributed by atoms with Gasteiger partial charge in [0.25, 0.3) is 0 Å². The van der Waals surface area contributed by atoms with Crippen molar-refractivity contribution in [1.82, 2.24) is 0 Å². The number of ketones is 1. The number of aliphatic hydroxyl groups excluding tert-OH is 9. The van der Waals surface area contributed by atoms with E-state index in [-0.39, 0.29) is 23.5 Å². The van der Waals surface area contributed by atoms with Crippen molar-refractivity contribution < 1.29 is 74.8 Å². The SMILES string of the molecule is CC(CCC(OC1OC(CO)C(O)C(O)C1O)C(C)(C)O)C1CCC2(C)C3C(=O)C=C4C(CCC(OC5OC(CO)C(O)C(O)C5O)C4(C)C)C3(C)C(O)CC12C. The zero-order valence-electron chi connectivity index (χ0n) is 34.8. The van der Waals surface area contributed by atoms with E-state index < -0.39 is 126 Å². The number of fused-ring (bicyclic) bond motifs is 5. The van der Waals surface area contributed by atoms with E-state index in [4.69, 9.17) is 18.9 Å². The largest absolute Gasteiger partial charge is 0.394 e. The van der Waals surface area contributed by atoms with E-state index >= 15 is 0 Å². The molecule has 0 bridgehead atoms. The minimum Gasteiger partial charge on any atom is -0.394 e. The molecular formula is C42H70O15. The predicted octanol–water partition coefficient (Wildman–Crippen LogP) is 0.299. The van der Waals surface area contributed by atoms with Gasteiger partial charge in [0.15, 0.2) is 18.4 Å². The maximum atomic E-state index is 14.7. The van der Waals surface area contributed by atoms with Crippen LogP contribution in [0.1, 0.15) is 100 Å². The highest BCUT2D eigenvalue weighted by Crippen LogP contribution is 2.74. The number of carbonyl (C=O) groups is 1. The van der Waals surface area contributed by atoms with Gasteiger partial charge in [-0.1, -0.05) is 47.1 Å². The maximum Gasteiger partial charge on any atom is 0.187 e. The van der Waals surface area contributed by atoms with Crippen LogP contribution in [-0.4, -0.2) is 155 Å². The highest BCUT2D eigenvalue weighted by Gasteiger charge is 2.72. The van der Waals surface area contributed by atoms with E-state index in [0.717, 1.165) is 18.4 Å². The molecule has 0 amide bonds. The van der Waals surface area contributed by atoms with Gasteiger partial charge in [0.1, 0.15) is 48.8 Å². The third-order valence-corrected chi connectivity index (χ3v) is 16.3. The normalized spacial score (nSPS) is 49.7. The Morgan fingerprint density at radius 1 is 0.789 bits per heavy atom. The van der Waals surface area contributed by atoms with Crippen molar-refractivity contribution in [2.24, 2.45) is 45.3 Å². The van der Waals surface area contributed by atoms with Gasteiger partial charge in [0, 0.05) is 16.7 Å². The summed E-state index contributed by atoms with van der Waals surface area (Å²) in [5, 5.41) is 106. The van der Waals surface area contributed by atoms with Gasteiger partial charge < -0.3 is 70.0 Å². The van der Waals surface area contributed by atoms with Gasteiger partial charge in [-0.15, -0.1) is 0 Å². The fourth-order valence-corrected chi connectivity index (χ4v) is 12.6. The molecule has 10 N–H and O–H groups in total. The molecule has 6 rings (SSSR count). The van der Waals surface area contributed by atoms with Crippen LogP contribution in [0.3, 0.4) is 0 Å². The summed E-state index contributed by atoms with van der Waals surface area (Å²) >= 11 is 0. The van der Waals surface area contributed by atoms with Crippen molar-refractivity contribution >= 4 is 5.78 Å². The molecule has 0 spiro atoms. The molecule has 0 aromatic heterocycles. The summed E-state index contributed by atoms with van der Waals surface area (Å²) in [4.78, 5) is 14.7. The molecule has 57 heavy (non-hydrogen) atoms. The van der Waals surface area contributed by atoms with Crippen LogP contribution in [0.25, 0.3) is 0 Å². The maximum absolute atomic E-state index is 14.7. The van der Waals surface area contributed by atoms with E-state index in [0.29, 0.717) is 32.1 Å². The summed E-state index contributed by atoms with van der Waals surface area (Å²) in [6.07, 6.45) is -10.5. The molecule has 6 aliphatic rings. The molecule has 0 aromatic rings. The van der Waals surface area contributed by atoms with E-state index in [9.17, 15) is 55.9 Å². The second-order valence-electron chi connectivity index (χ2n) is 20.2. The fraction of sp³-hybridized carbons (Fsp3) is 0.929. The number of hydrogen-bond acceptors (Lipinski definition) is 15. The van der Waals surface area contributed by atoms with Gasteiger partial charge in [-0.25, -0.2) is 0 Å². The second-order valence-corrected chi connectivity index (χ2v) is 20.2. The lowest BCUT2D eigenvalue weighted by Gasteiger charge is -2.66. The van der Waals surface area contributed by atoms with Crippen LogP contribution in [0.2, 0.25) is 0 Å². The molecular weight excluding hydrogens is 744 g/mol. The summed E-state index contributed by atoms with van der Waals surface area (Å²) in [6, 6.07) is 0. The summed E-state index contributed by atoms with van der Waals surface area (Å²) in [7, 11) is 0. The topological polar surface area (TPSA) is 256 Å². The van der Waals surface area contributed by atoms with Gasteiger partial charge in [-0.3, -0.25) is 4.79 Å². The van der Waals surface area contributed by atoms with Crippen molar-refractivity contribution in [3.63, 3.8) is 0 Å². The number of aliphatic hydroxyl groups is 10. The molecule has 328 valence electrons. The fourth-order valence-electron chi connectivity index (χ4n) is 12.6. The quantitative estimate of drug-likeness (QED) is 0.135. The Hall–Kier alpha value is -1.15. The summed E-state index contributed by atoms with van der Waals surface area (Å²) in [5.74, 6) is -0.419. The molecule has 2 saturated heterocycles. The first-order valence-electron chi connectivity index (χ1n) is 21.0. The number of carbonyl (C=O) groups excluding carboxylic acids is 1. The highest BCUT2D eigenvalue weighted by atomic mass is 16.7. The summed E-state index contributed by atoms with van der Waals surface area (Å²) in [5.41, 5.74) is -2.87. The Bertz CT molecular complexity index is 1480. The first-order chi connectivity index (χ1) is 26.4. The Labute approximate surface area is 336 Å². The summed E-state index contributed by atoms with van der Waals surface area (Å²) in [6.45, 7) is 14.6. The monoisotopic (exact) mass is 814 g/mol. The van der Waals surface area contributed by atoms with Crippen LogP contribution in [-0.2, 0) is 23.7 Å². The number of hydrogen-bond donors (Lipinski definition) is 10. The molecule has 2 heterocycles. The molecule has 15 nitrogen and oxygen atoms in total. The van der Waals surface area contributed by atoms with E-state index in [1.54, 1.807) is 19.9 Å². The van der Waals surface area contributed by atoms with Crippen LogP contribution >= 0.6 is 0 Å². The Balaban J connectivity index is 1.20.